The van der Waals surface area contributed by atoms with Gasteiger partial charge in [-0.3, -0.25) is 15.2 Å². The number of amides is 1. The van der Waals surface area contributed by atoms with Gasteiger partial charge in [0.05, 0.1) is 6.10 Å². The number of aliphatic hydroxyl groups is 3. The van der Waals surface area contributed by atoms with Crippen LogP contribution in [0.5, 0.6) is 0 Å². The number of carbonyl (C=O) groups excluding carboxylic acids is 1. The van der Waals surface area contributed by atoms with Crippen molar-refractivity contribution in [2.75, 3.05) is 0 Å². The van der Waals surface area contributed by atoms with Crippen molar-refractivity contribution in [1.29, 1.82) is 0 Å². The van der Waals surface area contributed by atoms with Crippen LogP contribution in [0.2, 0.25) is 0 Å². The van der Waals surface area contributed by atoms with Gasteiger partial charge in [0.2, 0.25) is 0 Å². The highest BCUT2D eigenvalue weighted by Crippen LogP contribution is 2.18. The minimum atomic E-state index is -1.36. The molecule has 0 aliphatic carbocycles. The Balaban J connectivity index is 1.92. The summed E-state index contributed by atoms with van der Waals surface area (Å²) in [5.41, 5.74) is 5.23. The topological polar surface area (TPSA) is 124 Å². The second kappa shape index (κ2) is 6.25. The van der Waals surface area contributed by atoms with Gasteiger partial charge in [-0.05, 0) is 19.1 Å². The number of aromatic nitrogens is 1. The van der Waals surface area contributed by atoms with Gasteiger partial charge in [-0.2, -0.15) is 0 Å². The first-order chi connectivity index (χ1) is 9.50. The summed E-state index contributed by atoms with van der Waals surface area (Å²) < 4.78 is 5.27. The molecule has 1 amide bonds. The maximum atomic E-state index is 11.8. The van der Waals surface area contributed by atoms with Crippen molar-refractivity contribution >= 4 is 5.91 Å². The Morgan fingerprint density at radius 2 is 1.85 bits per heavy atom. The molecule has 1 fully saturated rings. The molecule has 0 saturated carbocycles. The predicted octanol–water partition coefficient (Wildman–Crippen LogP) is -1.86. The Morgan fingerprint density at radius 1 is 1.20 bits per heavy atom. The SMILES string of the molecule is C[C@@H]1OC(NNC(=O)c2ccncc2)[C@@H](O)[C@@H](O)[C@@H]1O. The molecule has 0 radical (unpaired) electrons. The number of ether oxygens (including phenoxy) is 1. The lowest BCUT2D eigenvalue weighted by molar-refractivity contribution is -0.226. The van der Waals surface area contributed by atoms with Crippen molar-refractivity contribution in [2.45, 2.75) is 37.6 Å². The Morgan fingerprint density at radius 3 is 2.50 bits per heavy atom. The molecule has 0 aromatic carbocycles. The summed E-state index contributed by atoms with van der Waals surface area (Å²) in [5.74, 6) is -0.434. The standard InChI is InChI=1S/C12H17N3O5/c1-6-8(16)9(17)10(18)12(20-6)15-14-11(19)7-2-4-13-5-3-7/h2-6,8-10,12,15-18H,1H3,(H,14,19)/t6-,8+,9-,10-,12?/m0/s1. The number of rotatable bonds is 3. The van der Waals surface area contributed by atoms with E-state index < -0.39 is 36.6 Å². The second-order valence-corrected chi connectivity index (χ2v) is 4.57. The fourth-order valence-electron chi connectivity index (χ4n) is 1.88. The van der Waals surface area contributed by atoms with Crippen LogP contribution in [0, 0.1) is 0 Å². The van der Waals surface area contributed by atoms with Gasteiger partial charge in [0.1, 0.15) is 18.3 Å². The van der Waals surface area contributed by atoms with Crippen LogP contribution in [0.3, 0.4) is 0 Å². The normalized spacial score (nSPS) is 33.7. The van der Waals surface area contributed by atoms with E-state index in [-0.39, 0.29) is 0 Å². The quantitative estimate of drug-likeness (QED) is 0.412. The van der Waals surface area contributed by atoms with Crippen molar-refractivity contribution in [3.05, 3.63) is 30.1 Å². The maximum absolute atomic E-state index is 11.8. The molecular weight excluding hydrogens is 266 g/mol. The van der Waals surface area contributed by atoms with Crippen molar-refractivity contribution in [2.24, 2.45) is 0 Å². The number of hydrogen-bond acceptors (Lipinski definition) is 7. The van der Waals surface area contributed by atoms with E-state index in [0.717, 1.165) is 0 Å². The van der Waals surface area contributed by atoms with Crippen LogP contribution < -0.4 is 10.9 Å². The number of carbonyl (C=O) groups is 1. The minimum Gasteiger partial charge on any atom is -0.388 e. The molecule has 8 nitrogen and oxygen atoms in total. The van der Waals surface area contributed by atoms with Crippen LogP contribution in [-0.4, -0.2) is 56.9 Å². The van der Waals surface area contributed by atoms with E-state index in [2.05, 4.69) is 15.8 Å². The first-order valence-electron chi connectivity index (χ1n) is 6.16. The van der Waals surface area contributed by atoms with Gasteiger partial charge in [0.25, 0.3) is 5.91 Å². The number of aliphatic hydroxyl groups excluding tert-OH is 3. The van der Waals surface area contributed by atoms with Crippen molar-refractivity contribution < 1.29 is 24.9 Å². The molecule has 0 bridgehead atoms. The summed E-state index contributed by atoms with van der Waals surface area (Å²) in [6.07, 6.45) is -2.64. The molecule has 1 saturated heterocycles. The van der Waals surface area contributed by atoms with Gasteiger partial charge in [-0.25, -0.2) is 5.43 Å². The molecule has 8 heteroatoms. The van der Waals surface area contributed by atoms with Crippen LogP contribution in [0.4, 0.5) is 0 Å². The number of nitrogens with zero attached hydrogens (tertiary/aromatic N) is 1. The highest BCUT2D eigenvalue weighted by atomic mass is 16.5. The summed E-state index contributed by atoms with van der Waals surface area (Å²) in [7, 11) is 0. The Kier molecular flexibility index (Phi) is 4.63. The van der Waals surface area contributed by atoms with E-state index >= 15 is 0 Å². The van der Waals surface area contributed by atoms with E-state index in [1.54, 1.807) is 6.92 Å². The van der Waals surface area contributed by atoms with Gasteiger partial charge in [-0.15, -0.1) is 0 Å². The highest BCUT2D eigenvalue weighted by molar-refractivity contribution is 5.93. The molecule has 20 heavy (non-hydrogen) atoms. The van der Waals surface area contributed by atoms with Crippen molar-refractivity contribution in [1.82, 2.24) is 15.8 Å². The lowest BCUT2D eigenvalue weighted by Crippen LogP contribution is -2.63. The second-order valence-electron chi connectivity index (χ2n) is 4.57. The molecule has 1 unspecified atom stereocenters. The summed E-state index contributed by atoms with van der Waals surface area (Å²) >= 11 is 0. The van der Waals surface area contributed by atoms with Gasteiger partial charge in [0.15, 0.2) is 6.23 Å². The van der Waals surface area contributed by atoms with E-state index in [1.807, 2.05) is 0 Å². The highest BCUT2D eigenvalue weighted by Gasteiger charge is 2.41. The average Bonchev–Trinajstić information content (AvgIpc) is 2.48. The Labute approximate surface area is 115 Å². The van der Waals surface area contributed by atoms with Gasteiger partial charge in [0, 0.05) is 18.0 Å². The van der Waals surface area contributed by atoms with Crippen LogP contribution in [-0.2, 0) is 4.74 Å². The molecule has 1 aliphatic heterocycles. The Bertz CT molecular complexity index is 458. The van der Waals surface area contributed by atoms with Crippen LogP contribution in [0.1, 0.15) is 17.3 Å². The predicted molar refractivity (Wildman–Crippen MR) is 67.2 cm³/mol. The van der Waals surface area contributed by atoms with Gasteiger partial charge >= 0.3 is 0 Å². The van der Waals surface area contributed by atoms with E-state index in [4.69, 9.17) is 4.74 Å². The smallest absolute Gasteiger partial charge is 0.265 e. The van der Waals surface area contributed by atoms with Gasteiger partial charge in [-0.1, -0.05) is 0 Å². The molecule has 2 rings (SSSR count). The molecule has 1 aliphatic rings. The molecule has 2 heterocycles. The third-order valence-corrected chi connectivity index (χ3v) is 3.12. The van der Waals surface area contributed by atoms with Crippen LogP contribution in [0.15, 0.2) is 24.5 Å². The molecule has 5 atom stereocenters. The summed E-state index contributed by atoms with van der Waals surface area (Å²) in [6.45, 7) is 1.55. The average molecular weight is 283 g/mol. The molecule has 1 aromatic rings. The molecule has 0 spiro atoms. The van der Waals surface area contributed by atoms with Crippen molar-refractivity contribution in [3.8, 4) is 0 Å². The van der Waals surface area contributed by atoms with Crippen LogP contribution in [0.25, 0.3) is 0 Å². The molecule has 5 N–H and O–H groups in total. The number of nitrogens with one attached hydrogen (secondary N) is 2. The molecule has 1 aromatic heterocycles. The molecule has 110 valence electrons. The third kappa shape index (κ3) is 3.11. The molecular formula is C12H17N3O5. The van der Waals surface area contributed by atoms with Crippen molar-refractivity contribution in [3.63, 3.8) is 0 Å². The zero-order valence-electron chi connectivity index (χ0n) is 10.8. The van der Waals surface area contributed by atoms with E-state index in [0.29, 0.717) is 5.56 Å². The summed E-state index contributed by atoms with van der Waals surface area (Å²) in [5, 5.41) is 28.9. The fourth-order valence-corrected chi connectivity index (χ4v) is 1.88. The third-order valence-electron chi connectivity index (χ3n) is 3.12. The number of pyridine rings is 1. The number of hydrogen-bond donors (Lipinski definition) is 5. The van der Waals surface area contributed by atoms with Crippen LogP contribution >= 0.6 is 0 Å². The van der Waals surface area contributed by atoms with E-state index in [9.17, 15) is 20.1 Å². The number of hydrazine groups is 1. The lowest BCUT2D eigenvalue weighted by atomic mass is 9.99. The van der Waals surface area contributed by atoms with E-state index in [1.165, 1.54) is 24.5 Å². The summed E-state index contributed by atoms with van der Waals surface area (Å²) in [4.78, 5) is 15.6. The van der Waals surface area contributed by atoms with Gasteiger partial charge < -0.3 is 20.1 Å². The monoisotopic (exact) mass is 283 g/mol. The first kappa shape index (κ1) is 14.8. The zero-order chi connectivity index (χ0) is 14.7. The first-order valence-corrected chi connectivity index (χ1v) is 6.16. The maximum Gasteiger partial charge on any atom is 0.265 e. The largest absolute Gasteiger partial charge is 0.388 e. The lowest BCUT2D eigenvalue weighted by Gasteiger charge is -2.39. The summed E-state index contributed by atoms with van der Waals surface area (Å²) in [6, 6.07) is 3.05. The minimum absolute atomic E-state index is 0.381. The fraction of sp³-hybridized carbons (Fsp3) is 0.500. The Hall–Kier alpha value is -1.58. The zero-order valence-corrected chi connectivity index (χ0v) is 10.8.